The van der Waals surface area contributed by atoms with Gasteiger partial charge in [-0.1, -0.05) is 24.4 Å². The highest BCUT2D eigenvalue weighted by Gasteiger charge is 2.03. The van der Waals surface area contributed by atoms with Crippen LogP contribution in [0.25, 0.3) is 0 Å². The maximum atomic E-state index is 5.76. The van der Waals surface area contributed by atoms with Gasteiger partial charge in [-0.2, -0.15) is 0 Å². The van der Waals surface area contributed by atoms with E-state index in [9.17, 15) is 0 Å². The van der Waals surface area contributed by atoms with Gasteiger partial charge in [0.15, 0.2) is 0 Å². The van der Waals surface area contributed by atoms with Crippen LogP contribution in [0.2, 0.25) is 0 Å². The number of hydrogen-bond donors (Lipinski definition) is 1. The molecule has 0 bridgehead atoms. The number of thiocarbonyl (C=S) groups is 1. The van der Waals surface area contributed by atoms with Crippen LogP contribution in [0, 0.1) is 6.92 Å². The Hall–Kier alpha value is -2.07. The summed E-state index contributed by atoms with van der Waals surface area (Å²) in [5.74, 6) is 1.64. The number of methoxy groups -OCH3 is 1. The SMILES string of the molecule is COc1ccc(COc2ccc(C(N)=S)c(C)c2)cc1. The van der Waals surface area contributed by atoms with Gasteiger partial charge in [-0.15, -0.1) is 0 Å². The standard InChI is InChI=1S/C16H17NO2S/c1-11-9-14(7-8-15(11)16(17)20)19-10-12-3-5-13(18-2)6-4-12/h3-9H,10H2,1-2H3,(H2,17,20). The van der Waals surface area contributed by atoms with Gasteiger partial charge in [-0.25, -0.2) is 0 Å². The molecule has 0 saturated carbocycles. The van der Waals surface area contributed by atoms with Crippen molar-refractivity contribution in [2.75, 3.05) is 7.11 Å². The normalized spacial score (nSPS) is 10.1. The zero-order chi connectivity index (χ0) is 14.5. The van der Waals surface area contributed by atoms with Crippen LogP contribution in [0.4, 0.5) is 0 Å². The number of nitrogens with two attached hydrogens (primary N) is 1. The maximum absolute atomic E-state index is 5.76. The summed E-state index contributed by atoms with van der Waals surface area (Å²) in [6.07, 6.45) is 0. The highest BCUT2D eigenvalue weighted by Crippen LogP contribution is 2.19. The highest BCUT2D eigenvalue weighted by atomic mass is 32.1. The van der Waals surface area contributed by atoms with Gasteiger partial charge in [0.05, 0.1) is 7.11 Å². The summed E-state index contributed by atoms with van der Waals surface area (Å²) in [6, 6.07) is 13.5. The molecule has 2 aromatic rings. The molecule has 0 radical (unpaired) electrons. The molecule has 4 heteroatoms. The first-order chi connectivity index (χ1) is 9.60. The van der Waals surface area contributed by atoms with Crippen LogP contribution in [0.5, 0.6) is 11.5 Å². The second-order valence-corrected chi connectivity index (χ2v) is 4.92. The zero-order valence-electron chi connectivity index (χ0n) is 11.6. The van der Waals surface area contributed by atoms with Gasteiger partial charge >= 0.3 is 0 Å². The van der Waals surface area contributed by atoms with Crippen molar-refractivity contribution < 1.29 is 9.47 Å². The molecule has 0 spiro atoms. The van der Waals surface area contributed by atoms with Crippen LogP contribution < -0.4 is 15.2 Å². The van der Waals surface area contributed by atoms with Gasteiger partial charge in [0.25, 0.3) is 0 Å². The number of hydrogen-bond acceptors (Lipinski definition) is 3. The molecule has 0 aliphatic rings. The van der Waals surface area contributed by atoms with Crippen LogP contribution in [0.3, 0.4) is 0 Å². The quantitative estimate of drug-likeness (QED) is 0.858. The van der Waals surface area contributed by atoms with E-state index in [-0.39, 0.29) is 0 Å². The van der Waals surface area contributed by atoms with Crippen LogP contribution in [-0.2, 0) is 6.61 Å². The van der Waals surface area contributed by atoms with E-state index in [1.165, 1.54) is 0 Å². The molecule has 2 N–H and O–H groups in total. The second-order valence-electron chi connectivity index (χ2n) is 4.48. The van der Waals surface area contributed by atoms with E-state index in [0.717, 1.165) is 28.2 Å². The lowest BCUT2D eigenvalue weighted by molar-refractivity contribution is 0.306. The summed E-state index contributed by atoms with van der Waals surface area (Å²) in [4.78, 5) is 0.407. The summed E-state index contributed by atoms with van der Waals surface area (Å²) in [5.41, 5.74) is 8.63. The molecule has 0 fully saturated rings. The lowest BCUT2D eigenvalue weighted by Gasteiger charge is -2.10. The average molecular weight is 287 g/mol. The smallest absolute Gasteiger partial charge is 0.120 e. The third-order valence-electron chi connectivity index (χ3n) is 3.03. The molecule has 0 aromatic heterocycles. The molecule has 2 rings (SSSR count). The molecule has 0 atom stereocenters. The minimum absolute atomic E-state index is 0.407. The number of benzene rings is 2. The van der Waals surface area contributed by atoms with Crippen molar-refractivity contribution in [2.24, 2.45) is 5.73 Å². The number of aryl methyl sites for hydroxylation is 1. The van der Waals surface area contributed by atoms with Crippen molar-refractivity contribution in [3.63, 3.8) is 0 Å². The van der Waals surface area contributed by atoms with Crippen molar-refractivity contribution in [3.05, 3.63) is 59.2 Å². The fourth-order valence-electron chi connectivity index (χ4n) is 1.89. The van der Waals surface area contributed by atoms with E-state index < -0.39 is 0 Å². The van der Waals surface area contributed by atoms with Crippen LogP contribution in [0.1, 0.15) is 16.7 Å². The predicted molar refractivity (Wildman–Crippen MR) is 84.4 cm³/mol. The summed E-state index contributed by atoms with van der Waals surface area (Å²) >= 11 is 4.98. The molecule has 0 amide bonds. The maximum Gasteiger partial charge on any atom is 0.120 e. The fraction of sp³-hybridized carbons (Fsp3) is 0.188. The van der Waals surface area contributed by atoms with E-state index in [0.29, 0.717) is 11.6 Å². The van der Waals surface area contributed by atoms with Crippen molar-refractivity contribution in [3.8, 4) is 11.5 Å². The van der Waals surface area contributed by atoms with Crippen molar-refractivity contribution in [1.82, 2.24) is 0 Å². The minimum Gasteiger partial charge on any atom is -0.497 e. The Morgan fingerprint density at radius 3 is 2.30 bits per heavy atom. The molecule has 0 heterocycles. The average Bonchev–Trinajstić information content (AvgIpc) is 2.45. The second kappa shape index (κ2) is 6.39. The topological polar surface area (TPSA) is 44.5 Å². The van der Waals surface area contributed by atoms with Gasteiger partial charge in [0, 0.05) is 5.56 Å². The van der Waals surface area contributed by atoms with Gasteiger partial charge in [0.1, 0.15) is 23.1 Å². The summed E-state index contributed by atoms with van der Waals surface area (Å²) in [5, 5.41) is 0. The van der Waals surface area contributed by atoms with E-state index in [1.54, 1.807) is 7.11 Å². The predicted octanol–water partition coefficient (Wildman–Crippen LogP) is 3.22. The van der Waals surface area contributed by atoms with E-state index in [4.69, 9.17) is 27.4 Å². The van der Waals surface area contributed by atoms with Gasteiger partial charge < -0.3 is 15.2 Å². The molecule has 0 unspecified atom stereocenters. The Labute approximate surface area is 124 Å². The number of rotatable bonds is 5. The molecule has 0 aliphatic heterocycles. The lowest BCUT2D eigenvalue weighted by Crippen LogP contribution is -2.11. The Bertz CT molecular complexity index is 608. The third kappa shape index (κ3) is 3.48. The van der Waals surface area contributed by atoms with Crippen molar-refractivity contribution in [2.45, 2.75) is 13.5 Å². The highest BCUT2D eigenvalue weighted by molar-refractivity contribution is 7.80. The summed E-state index contributed by atoms with van der Waals surface area (Å²) in [7, 11) is 1.65. The monoisotopic (exact) mass is 287 g/mol. The van der Waals surface area contributed by atoms with Crippen molar-refractivity contribution >= 4 is 17.2 Å². The molecule has 2 aromatic carbocycles. The third-order valence-corrected chi connectivity index (χ3v) is 3.25. The fourth-order valence-corrected chi connectivity index (χ4v) is 2.12. The molecule has 0 saturated heterocycles. The van der Waals surface area contributed by atoms with Gasteiger partial charge in [-0.3, -0.25) is 0 Å². The first-order valence-corrected chi connectivity index (χ1v) is 6.67. The Kier molecular flexibility index (Phi) is 4.58. The molecular formula is C16H17NO2S. The Morgan fingerprint density at radius 1 is 1.10 bits per heavy atom. The Balaban J connectivity index is 2.03. The first-order valence-electron chi connectivity index (χ1n) is 6.26. The molecule has 3 nitrogen and oxygen atoms in total. The zero-order valence-corrected chi connectivity index (χ0v) is 12.4. The van der Waals surface area contributed by atoms with E-state index in [1.807, 2.05) is 49.4 Å². The van der Waals surface area contributed by atoms with Crippen LogP contribution in [-0.4, -0.2) is 12.1 Å². The van der Waals surface area contributed by atoms with E-state index >= 15 is 0 Å². The summed E-state index contributed by atoms with van der Waals surface area (Å²) in [6.45, 7) is 2.48. The van der Waals surface area contributed by atoms with E-state index in [2.05, 4.69) is 0 Å². The molecular weight excluding hydrogens is 270 g/mol. The van der Waals surface area contributed by atoms with Crippen LogP contribution in [0.15, 0.2) is 42.5 Å². The van der Waals surface area contributed by atoms with Gasteiger partial charge in [-0.05, 0) is 48.4 Å². The van der Waals surface area contributed by atoms with Gasteiger partial charge in [0.2, 0.25) is 0 Å². The largest absolute Gasteiger partial charge is 0.497 e. The molecule has 0 aliphatic carbocycles. The Morgan fingerprint density at radius 2 is 1.75 bits per heavy atom. The van der Waals surface area contributed by atoms with Crippen LogP contribution >= 0.6 is 12.2 Å². The number of ether oxygens (including phenoxy) is 2. The summed E-state index contributed by atoms with van der Waals surface area (Å²) < 4.78 is 10.9. The minimum atomic E-state index is 0.407. The lowest BCUT2D eigenvalue weighted by atomic mass is 10.1. The van der Waals surface area contributed by atoms with Crippen molar-refractivity contribution in [1.29, 1.82) is 0 Å². The molecule has 104 valence electrons. The molecule has 20 heavy (non-hydrogen) atoms. The first kappa shape index (κ1) is 14.3.